The van der Waals surface area contributed by atoms with Crippen molar-refractivity contribution in [2.45, 2.75) is 37.4 Å². The molecule has 5 rings (SSSR count). The summed E-state index contributed by atoms with van der Waals surface area (Å²) in [7, 11) is 0. The van der Waals surface area contributed by atoms with Gasteiger partial charge in [0.15, 0.2) is 17.9 Å². The van der Waals surface area contributed by atoms with E-state index < -0.39 is 47.9 Å². The Morgan fingerprint density at radius 1 is 0.837 bits per heavy atom. The lowest BCUT2D eigenvalue weighted by Gasteiger charge is -2.38. The van der Waals surface area contributed by atoms with Gasteiger partial charge in [0.1, 0.15) is 12.7 Å². The molecule has 3 aromatic carbocycles. The van der Waals surface area contributed by atoms with E-state index in [1.807, 2.05) is 0 Å². The maximum atomic E-state index is 13.4. The van der Waals surface area contributed by atoms with Crippen molar-refractivity contribution in [3.05, 3.63) is 132 Å². The molecule has 0 spiro atoms. The van der Waals surface area contributed by atoms with E-state index in [0.29, 0.717) is 17.6 Å². The molecule has 4 atom stereocenters. The molecule has 220 valence electrons. The summed E-state index contributed by atoms with van der Waals surface area (Å²) in [5.74, 6) is -2.63. The number of nitrogens with zero attached hydrogens (tertiary/aromatic N) is 1. The predicted molar refractivity (Wildman–Crippen MR) is 154 cm³/mol. The zero-order chi connectivity index (χ0) is 30.4. The Hall–Kier alpha value is -5.22. The largest absolute Gasteiger partial charge is 0.459 e. The van der Waals surface area contributed by atoms with Gasteiger partial charge in [-0.2, -0.15) is 0 Å². The number of hydrogen-bond donors (Lipinski definition) is 1. The summed E-state index contributed by atoms with van der Waals surface area (Å²) in [6.07, 6.45) is 1.72. The minimum absolute atomic E-state index is 0.261. The van der Waals surface area contributed by atoms with Crippen molar-refractivity contribution in [1.29, 1.82) is 0 Å². The summed E-state index contributed by atoms with van der Waals surface area (Å²) in [5, 5.41) is 0. The zero-order valence-corrected chi connectivity index (χ0v) is 23.3. The molecule has 0 unspecified atom stereocenters. The number of allylic oxidation sites excluding steroid dienone is 1. The number of amides is 1. The first kappa shape index (κ1) is 29.3. The summed E-state index contributed by atoms with van der Waals surface area (Å²) in [4.78, 5) is 53.2. The van der Waals surface area contributed by atoms with Crippen molar-refractivity contribution >= 4 is 23.8 Å². The SMILES string of the molecule is C[C@]1(OC(=O)c2ccccc2)[C@H](OC(=O)c2ccccc2)[C@@H](COC(=O)c2ccccc2)O[C@@H]1N1C=CCC(C(N)=O)=C1. The number of hydrogen-bond acceptors (Lipinski definition) is 9. The lowest BCUT2D eigenvalue weighted by molar-refractivity contribution is -0.119. The van der Waals surface area contributed by atoms with Crippen LogP contribution in [-0.2, 0) is 23.7 Å². The summed E-state index contributed by atoms with van der Waals surface area (Å²) in [5.41, 5.74) is 5.02. The third-order valence-electron chi connectivity index (χ3n) is 7.16. The molecule has 3 aromatic rings. The van der Waals surface area contributed by atoms with E-state index in [0.717, 1.165) is 0 Å². The number of carbonyl (C=O) groups is 4. The van der Waals surface area contributed by atoms with Crippen molar-refractivity contribution in [3.8, 4) is 0 Å². The second kappa shape index (κ2) is 12.7. The Labute approximate surface area is 248 Å². The predicted octanol–water partition coefficient (Wildman–Crippen LogP) is 4.00. The molecule has 1 amide bonds. The maximum Gasteiger partial charge on any atom is 0.338 e. The van der Waals surface area contributed by atoms with Crippen LogP contribution in [0, 0.1) is 0 Å². The first-order valence-electron chi connectivity index (χ1n) is 13.6. The summed E-state index contributed by atoms with van der Waals surface area (Å²) in [6.45, 7) is 1.24. The summed E-state index contributed by atoms with van der Waals surface area (Å²) >= 11 is 0. The van der Waals surface area contributed by atoms with E-state index in [1.165, 1.54) is 11.1 Å². The van der Waals surface area contributed by atoms with Gasteiger partial charge in [0.2, 0.25) is 5.91 Å². The second-order valence-corrected chi connectivity index (χ2v) is 10.2. The van der Waals surface area contributed by atoms with Crippen LogP contribution in [0.25, 0.3) is 0 Å². The standard InChI is InChI=1S/C33H30N2O8/c1-33(43-31(39)24-16-9-4-10-17-24)27(42-30(38)23-14-7-3-8-15-23)26(21-40-29(37)22-12-5-2-6-13-22)41-32(33)35-19-11-18-25(20-35)28(34)36/h2-17,19-20,26-27,32H,18,21H2,1H3,(H2,34,36)/t26-,27-,32+,33+/m1/s1. The summed E-state index contributed by atoms with van der Waals surface area (Å²) in [6, 6.07) is 25.0. The van der Waals surface area contributed by atoms with E-state index >= 15 is 0 Å². The van der Waals surface area contributed by atoms with E-state index in [1.54, 1.807) is 110 Å². The highest BCUT2D eigenvalue weighted by Crippen LogP contribution is 2.41. The number of ether oxygens (including phenoxy) is 4. The topological polar surface area (TPSA) is 134 Å². The quantitative estimate of drug-likeness (QED) is 0.293. The third-order valence-corrected chi connectivity index (χ3v) is 7.16. The average Bonchev–Trinajstić information content (AvgIpc) is 3.31. The number of primary amides is 1. The fourth-order valence-corrected chi connectivity index (χ4v) is 4.97. The van der Waals surface area contributed by atoms with Gasteiger partial charge in [0.05, 0.1) is 16.7 Å². The number of carbonyl (C=O) groups excluding carboxylic acids is 4. The molecule has 0 aromatic heterocycles. The molecule has 2 heterocycles. The first-order chi connectivity index (χ1) is 20.8. The molecule has 1 fully saturated rings. The van der Waals surface area contributed by atoms with Gasteiger partial charge in [-0.25, -0.2) is 14.4 Å². The Morgan fingerprint density at radius 3 is 1.93 bits per heavy atom. The van der Waals surface area contributed by atoms with E-state index in [2.05, 4.69) is 0 Å². The van der Waals surface area contributed by atoms with Gasteiger partial charge in [0.25, 0.3) is 0 Å². The molecule has 2 aliphatic rings. The van der Waals surface area contributed by atoms with Crippen LogP contribution in [-0.4, -0.2) is 59.4 Å². The molecule has 2 aliphatic heterocycles. The molecule has 0 bridgehead atoms. The highest BCUT2D eigenvalue weighted by Gasteiger charge is 2.61. The first-order valence-corrected chi connectivity index (χ1v) is 13.6. The number of nitrogens with two attached hydrogens (primary N) is 1. The van der Waals surface area contributed by atoms with Crippen molar-refractivity contribution in [2.24, 2.45) is 5.73 Å². The van der Waals surface area contributed by atoms with Crippen LogP contribution in [0.4, 0.5) is 0 Å². The summed E-state index contributed by atoms with van der Waals surface area (Å²) < 4.78 is 24.1. The van der Waals surface area contributed by atoms with E-state index in [9.17, 15) is 19.2 Å². The molecule has 10 nitrogen and oxygen atoms in total. The van der Waals surface area contributed by atoms with Crippen molar-refractivity contribution in [3.63, 3.8) is 0 Å². The van der Waals surface area contributed by atoms with Gasteiger partial charge >= 0.3 is 17.9 Å². The number of benzene rings is 3. The highest BCUT2D eigenvalue weighted by atomic mass is 16.7. The zero-order valence-electron chi connectivity index (χ0n) is 23.3. The van der Waals surface area contributed by atoms with Gasteiger partial charge in [0, 0.05) is 18.0 Å². The smallest absolute Gasteiger partial charge is 0.338 e. The van der Waals surface area contributed by atoms with E-state index in [4.69, 9.17) is 24.7 Å². The minimum atomic E-state index is -1.66. The number of esters is 3. The molecule has 1 saturated heterocycles. The lowest BCUT2D eigenvalue weighted by atomic mass is 9.94. The van der Waals surface area contributed by atoms with Crippen LogP contribution in [0.2, 0.25) is 0 Å². The normalized spacial score (nSPS) is 22.8. The molecule has 2 N–H and O–H groups in total. The molecule has 0 radical (unpaired) electrons. The van der Waals surface area contributed by atoms with Gasteiger partial charge < -0.3 is 29.6 Å². The Morgan fingerprint density at radius 2 is 1.37 bits per heavy atom. The third kappa shape index (κ3) is 6.49. The van der Waals surface area contributed by atoms with Gasteiger partial charge in [-0.05, 0) is 49.7 Å². The molecular weight excluding hydrogens is 552 g/mol. The lowest BCUT2D eigenvalue weighted by Crippen LogP contribution is -2.55. The van der Waals surface area contributed by atoms with E-state index in [-0.39, 0.29) is 17.7 Å². The highest BCUT2D eigenvalue weighted by molar-refractivity contribution is 5.92. The van der Waals surface area contributed by atoms with Crippen molar-refractivity contribution in [2.75, 3.05) is 6.61 Å². The van der Waals surface area contributed by atoms with Crippen LogP contribution in [0.1, 0.15) is 44.4 Å². The van der Waals surface area contributed by atoms with Crippen LogP contribution < -0.4 is 5.73 Å². The van der Waals surface area contributed by atoms with Crippen LogP contribution in [0.5, 0.6) is 0 Å². The molecule has 0 aliphatic carbocycles. The molecule has 0 saturated carbocycles. The molecular formula is C33H30N2O8. The van der Waals surface area contributed by atoms with Crippen LogP contribution in [0.15, 0.2) is 115 Å². The van der Waals surface area contributed by atoms with Gasteiger partial charge in [-0.15, -0.1) is 0 Å². The van der Waals surface area contributed by atoms with Crippen LogP contribution >= 0.6 is 0 Å². The molecule has 43 heavy (non-hydrogen) atoms. The average molecular weight is 583 g/mol. The molecule has 10 heteroatoms. The van der Waals surface area contributed by atoms with Crippen molar-refractivity contribution in [1.82, 2.24) is 4.90 Å². The fraction of sp³-hybridized carbons (Fsp3) is 0.212. The fourth-order valence-electron chi connectivity index (χ4n) is 4.97. The van der Waals surface area contributed by atoms with Gasteiger partial charge in [-0.3, -0.25) is 4.79 Å². The maximum absolute atomic E-state index is 13.4. The minimum Gasteiger partial charge on any atom is -0.459 e. The Bertz CT molecular complexity index is 1540. The monoisotopic (exact) mass is 582 g/mol. The Kier molecular flexibility index (Phi) is 8.68. The second-order valence-electron chi connectivity index (χ2n) is 10.2. The van der Waals surface area contributed by atoms with Crippen LogP contribution in [0.3, 0.4) is 0 Å². The van der Waals surface area contributed by atoms with Gasteiger partial charge in [-0.1, -0.05) is 60.7 Å². The number of rotatable bonds is 9. The van der Waals surface area contributed by atoms with Crippen molar-refractivity contribution < 1.29 is 38.1 Å². The Balaban J connectivity index is 1.52.